The molecule has 0 amide bonds. The average molecular weight is 294 g/mol. The van der Waals surface area contributed by atoms with Crippen molar-refractivity contribution in [1.82, 2.24) is 9.97 Å². The van der Waals surface area contributed by atoms with Crippen LogP contribution in [0.15, 0.2) is 67.0 Å². The minimum atomic E-state index is -0.291. The maximum Gasteiger partial charge on any atom is 0.138 e. The largest absolute Gasteiger partial charge is 0.340 e. The summed E-state index contributed by atoms with van der Waals surface area (Å²) in [6.45, 7) is 0. The van der Waals surface area contributed by atoms with Gasteiger partial charge in [-0.2, -0.15) is 0 Å². The Morgan fingerprint density at radius 3 is 2.55 bits per heavy atom. The van der Waals surface area contributed by atoms with Gasteiger partial charge in [-0.1, -0.05) is 24.3 Å². The molecule has 0 aliphatic heterocycles. The lowest BCUT2D eigenvalue weighted by Crippen LogP contribution is -2.11. The van der Waals surface area contributed by atoms with Crippen molar-refractivity contribution in [1.29, 1.82) is 0 Å². The lowest BCUT2D eigenvalue weighted by molar-refractivity contribution is 0.628. The lowest BCUT2D eigenvalue weighted by atomic mass is 10.3. The van der Waals surface area contributed by atoms with Crippen LogP contribution in [0.25, 0.3) is 0 Å². The second-order valence-electron chi connectivity index (χ2n) is 4.79. The number of hydrogen-bond donors (Lipinski definition) is 1. The van der Waals surface area contributed by atoms with E-state index >= 15 is 0 Å². The molecule has 0 saturated carbocycles. The van der Waals surface area contributed by atoms with E-state index in [1.54, 1.807) is 12.1 Å². The Bertz CT molecular complexity index is 761. The molecule has 1 heterocycles. The van der Waals surface area contributed by atoms with E-state index in [0.29, 0.717) is 11.5 Å². The monoisotopic (exact) mass is 294 g/mol. The summed E-state index contributed by atoms with van der Waals surface area (Å²) in [5.41, 5.74) is 1.67. The highest BCUT2D eigenvalue weighted by Crippen LogP contribution is 2.23. The molecule has 110 valence electrons. The molecule has 4 nitrogen and oxygen atoms in total. The topological polar surface area (TPSA) is 41.0 Å². The standard InChI is InChI=1S/C17H15FN4/c1-22(15-8-3-2-4-9-15)17-11-16(19-12-20-17)21-14-7-5-6-13(18)10-14/h2-12H,1H3,(H,19,20,21). The van der Waals surface area contributed by atoms with Crippen LogP contribution in [0.1, 0.15) is 0 Å². The van der Waals surface area contributed by atoms with Gasteiger partial charge >= 0.3 is 0 Å². The highest BCUT2D eigenvalue weighted by atomic mass is 19.1. The molecule has 0 atom stereocenters. The van der Waals surface area contributed by atoms with Gasteiger partial charge < -0.3 is 10.2 Å². The van der Waals surface area contributed by atoms with Crippen LogP contribution in [-0.4, -0.2) is 17.0 Å². The molecule has 0 spiro atoms. The molecule has 0 radical (unpaired) electrons. The van der Waals surface area contributed by atoms with Gasteiger partial charge in [0.05, 0.1) is 0 Å². The zero-order valence-electron chi connectivity index (χ0n) is 12.1. The maximum absolute atomic E-state index is 13.2. The Kier molecular flexibility index (Phi) is 3.96. The molecular weight excluding hydrogens is 279 g/mol. The number of nitrogens with zero attached hydrogens (tertiary/aromatic N) is 3. The first-order valence-corrected chi connectivity index (χ1v) is 6.86. The second-order valence-corrected chi connectivity index (χ2v) is 4.79. The van der Waals surface area contributed by atoms with Crippen LogP contribution in [0.4, 0.5) is 27.4 Å². The zero-order valence-corrected chi connectivity index (χ0v) is 12.1. The Morgan fingerprint density at radius 2 is 1.77 bits per heavy atom. The number of nitrogens with one attached hydrogen (secondary N) is 1. The lowest BCUT2D eigenvalue weighted by Gasteiger charge is -2.18. The summed E-state index contributed by atoms with van der Waals surface area (Å²) < 4.78 is 13.2. The van der Waals surface area contributed by atoms with Crippen LogP contribution in [0.3, 0.4) is 0 Å². The van der Waals surface area contributed by atoms with Crippen LogP contribution in [0.2, 0.25) is 0 Å². The van der Waals surface area contributed by atoms with Crippen molar-refractivity contribution < 1.29 is 4.39 Å². The van der Waals surface area contributed by atoms with Crippen LogP contribution >= 0.6 is 0 Å². The maximum atomic E-state index is 13.2. The third-order valence-electron chi connectivity index (χ3n) is 3.24. The van der Waals surface area contributed by atoms with Gasteiger partial charge in [0.25, 0.3) is 0 Å². The van der Waals surface area contributed by atoms with Gasteiger partial charge in [0.2, 0.25) is 0 Å². The van der Waals surface area contributed by atoms with E-state index in [1.165, 1.54) is 18.5 Å². The number of benzene rings is 2. The average Bonchev–Trinajstić information content (AvgIpc) is 2.55. The zero-order chi connectivity index (χ0) is 15.4. The minimum absolute atomic E-state index is 0.291. The van der Waals surface area contributed by atoms with E-state index in [-0.39, 0.29) is 5.82 Å². The Balaban J connectivity index is 1.83. The SMILES string of the molecule is CN(c1ccccc1)c1cc(Nc2cccc(F)c2)ncn1. The number of aromatic nitrogens is 2. The van der Waals surface area contributed by atoms with Crippen molar-refractivity contribution in [3.8, 4) is 0 Å². The Labute approximate surface area is 128 Å². The van der Waals surface area contributed by atoms with E-state index in [9.17, 15) is 4.39 Å². The van der Waals surface area contributed by atoms with Crippen LogP contribution in [0, 0.1) is 5.82 Å². The molecule has 5 heteroatoms. The van der Waals surface area contributed by atoms with Gasteiger partial charge in [0.15, 0.2) is 0 Å². The fourth-order valence-electron chi connectivity index (χ4n) is 2.10. The second kappa shape index (κ2) is 6.22. The molecule has 0 bridgehead atoms. The summed E-state index contributed by atoms with van der Waals surface area (Å²) in [6, 6.07) is 18.0. The first kappa shape index (κ1) is 14.0. The van der Waals surface area contributed by atoms with Gasteiger partial charge in [-0.3, -0.25) is 0 Å². The third kappa shape index (κ3) is 3.20. The van der Waals surface area contributed by atoms with E-state index in [2.05, 4.69) is 15.3 Å². The molecule has 2 aromatic carbocycles. The summed E-state index contributed by atoms with van der Waals surface area (Å²) in [6.07, 6.45) is 1.48. The quantitative estimate of drug-likeness (QED) is 0.785. The summed E-state index contributed by atoms with van der Waals surface area (Å²) in [5.74, 6) is 1.07. The van der Waals surface area contributed by atoms with Crippen LogP contribution < -0.4 is 10.2 Å². The van der Waals surface area contributed by atoms with Gasteiger partial charge in [-0.15, -0.1) is 0 Å². The summed E-state index contributed by atoms with van der Waals surface area (Å²) in [5, 5.41) is 3.07. The summed E-state index contributed by atoms with van der Waals surface area (Å²) in [7, 11) is 1.93. The normalized spacial score (nSPS) is 10.3. The first-order chi connectivity index (χ1) is 10.7. The van der Waals surface area contributed by atoms with Crippen molar-refractivity contribution in [3.05, 3.63) is 72.8 Å². The molecule has 1 aromatic heterocycles. The van der Waals surface area contributed by atoms with Crippen LogP contribution in [0.5, 0.6) is 0 Å². The van der Waals surface area contributed by atoms with E-state index in [0.717, 1.165) is 11.5 Å². The Morgan fingerprint density at radius 1 is 0.955 bits per heavy atom. The molecule has 1 N–H and O–H groups in total. The highest BCUT2D eigenvalue weighted by molar-refractivity contribution is 5.64. The van der Waals surface area contributed by atoms with Gasteiger partial charge in [-0.05, 0) is 30.3 Å². The molecule has 0 aliphatic rings. The highest BCUT2D eigenvalue weighted by Gasteiger charge is 2.06. The van der Waals surface area contributed by atoms with E-state index in [1.807, 2.05) is 48.3 Å². The minimum Gasteiger partial charge on any atom is -0.340 e. The Hall–Kier alpha value is -2.95. The van der Waals surface area contributed by atoms with Crippen molar-refractivity contribution in [2.45, 2.75) is 0 Å². The van der Waals surface area contributed by atoms with Crippen LogP contribution in [-0.2, 0) is 0 Å². The molecule has 0 unspecified atom stereocenters. The van der Waals surface area contributed by atoms with Crippen molar-refractivity contribution in [3.63, 3.8) is 0 Å². The molecule has 0 fully saturated rings. The van der Waals surface area contributed by atoms with Crippen molar-refractivity contribution >= 4 is 23.0 Å². The van der Waals surface area contributed by atoms with Gasteiger partial charge in [-0.25, -0.2) is 14.4 Å². The fraction of sp³-hybridized carbons (Fsp3) is 0.0588. The molecular formula is C17H15FN4. The molecule has 0 saturated heterocycles. The van der Waals surface area contributed by atoms with Crippen molar-refractivity contribution in [2.24, 2.45) is 0 Å². The number of hydrogen-bond acceptors (Lipinski definition) is 4. The van der Waals surface area contributed by atoms with Crippen molar-refractivity contribution in [2.75, 3.05) is 17.3 Å². The first-order valence-electron chi connectivity index (χ1n) is 6.86. The fourth-order valence-corrected chi connectivity index (χ4v) is 2.10. The van der Waals surface area contributed by atoms with E-state index < -0.39 is 0 Å². The molecule has 3 rings (SSSR count). The molecule has 0 aliphatic carbocycles. The number of rotatable bonds is 4. The number of anilines is 4. The third-order valence-corrected chi connectivity index (χ3v) is 3.24. The molecule has 3 aromatic rings. The van der Waals surface area contributed by atoms with E-state index in [4.69, 9.17) is 0 Å². The van der Waals surface area contributed by atoms with Gasteiger partial charge in [0.1, 0.15) is 23.8 Å². The number of halogens is 1. The van der Waals surface area contributed by atoms with Gasteiger partial charge in [0, 0.05) is 24.5 Å². The smallest absolute Gasteiger partial charge is 0.138 e. The predicted octanol–water partition coefficient (Wildman–Crippen LogP) is 4.13. The predicted molar refractivity (Wildman–Crippen MR) is 86.2 cm³/mol. The summed E-state index contributed by atoms with van der Waals surface area (Å²) >= 11 is 0. The summed E-state index contributed by atoms with van der Waals surface area (Å²) in [4.78, 5) is 10.4. The molecule has 22 heavy (non-hydrogen) atoms. The number of para-hydroxylation sites is 1.